The monoisotopic (exact) mass is 390 g/mol. The largest absolute Gasteiger partial charge is 0.478 e. The van der Waals surface area contributed by atoms with Crippen molar-refractivity contribution < 1.29 is 23.1 Å². The zero-order valence-corrected chi connectivity index (χ0v) is 14.1. The van der Waals surface area contributed by atoms with Crippen molar-refractivity contribution in [1.82, 2.24) is 9.62 Å². The fourth-order valence-corrected chi connectivity index (χ4v) is 3.65. The predicted octanol–water partition coefficient (Wildman–Crippen LogP) is 1.05. The Morgan fingerprint density at radius 3 is 2.55 bits per heavy atom. The number of benzene rings is 1. The van der Waals surface area contributed by atoms with Crippen molar-refractivity contribution in [2.45, 2.75) is 23.8 Å². The molecule has 1 aromatic rings. The summed E-state index contributed by atoms with van der Waals surface area (Å²) in [5, 5.41) is 11.7. The second kappa shape index (κ2) is 6.35. The molecule has 0 radical (unpaired) electrons. The van der Waals surface area contributed by atoms with Gasteiger partial charge in [-0.05, 0) is 31.0 Å². The van der Waals surface area contributed by atoms with E-state index in [0.29, 0.717) is 4.47 Å². The van der Waals surface area contributed by atoms with E-state index in [1.165, 1.54) is 19.2 Å². The van der Waals surface area contributed by atoms with Crippen molar-refractivity contribution in [2.75, 3.05) is 13.6 Å². The van der Waals surface area contributed by atoms with Crippen molar-refractivity contribution in [3.8, 4) is 0 Å². The summed E-state index contributed by atoms with van der Waals surface area (Å²) < 4.78 is 26.1. The van der Waals surface area contributed by atoms with Crippen LogP contribution in [-0.2, 0) is 14.8 Å². The van der Waals surface area contributed by atoms with E-state index in [1.807, 2.05) is 0 Å². The average molecular weight is 391 g/mol. The highest BCUT2D eigenvalue weighted by atomic mass is 79.9. The molecule has 120 valence electrons. The highest BCUT2D eigenvalue weighted by Gasteiger charge is 2.28. The van der Waals surface area contributed by atoms with Gasteiger partial charge in [0.1, 0.15) is 0 Å². The molecule has 0 saturated heterocycles. The predicted molar refractivity (Wildman–Crippen MR) is 82.1 cm³/mol. The summed E-state index contributed by atoms with van der Waals surface area (Å²) in [7, 11) is -2.67. The molecule has 1 fully saturated rings. The zero-order valence-electron chi connectivity index (χ0n) is 11.7. The van der Waals surface area contributed by atoms with Gasteiger partial charge in [0.2, 0.25) is 15.9 Å². The maximum atomic E-state index is 12.4. The lowest BCUT2D eigenvalue weighted by Gasteiger charge is -2.17. The number of rotatable bonds is 6. The molecule has 9 heteroatoms. The van der Waals surface area contributed by atoms with E-state index < -0.39 is 16.0 Å². The molecule has 0 aromatic heterocycles. The number of hydrogen-bond donors (Lipinski definition) is 2. The molecule has 0 bridgehead atoms. The number of carboxylic acid groups (broad SMARTS) is 1. The molecule has 0 unspecified atom stereocenters. The molecule has 1 aromatic carbocycles. The molecular weight excluding hydrogens is 376 g/mol. The first-order chi connectivity index (χ1) is 10.2. The molecule has 1 saturated carbocycles. The normalized spacial score (nSPS) is 14.9. The summed E-state index contributed by atoms with van der Waals surface area (Å²) in [6, 6.07) is 3.82. The Labute approximate surface area is 136 Å². The Morgan fingerprint density at radius 1 is 1.36 bits per heavy atom. The van der Waals surface area contributed by atoms with Crippen LogP contribution in [0.5, 0.6) is 0 Å². The van der Waals surface area contributed by atoms with Crippen molar-refractivity contribution in [2.24, 2.45) is 0 Å². The van der Waals surface area contributed by atoms with Crippen LogP contribution in [0, 0.1) is 0 Å². The van der Waals surface area contributed by atoms with Crippen LogP contribution in [0.25, 0.3) is 0 Å². The Balaban J connectivity index is 2.21. The number of amides is 1. The van der Waals surface area contributed by atoms with Gasteiger partial charge < -0.3 is 10.4 Å². The first-order valence-electron chi connectivity index (χ1n) is 6.50. The first-order valence-corrected chi connectivity index (χ1v) is 8.73. The topological polar surface area (TPSA) is 104 Å². The van der Waals surface area contributed by atoms with Gasteiger partial charge in [-0.15, -0.1) is 0 Å². The van der Waals surface area contributed by atoms with E-state index in [9.17, 15) is 18.0 Å². The molecule has 1 aliphatic rings. The van der Waals surface area contributed by atoms with Gasteiger partial charge in [0.25, 0.3) is 0 Å². The van der Waals surface area contributed by atoms with Crippen molar-refractivity contribution in [3.63, 3.8) is 0 Å². The summed E-state index contributed by atoms with van der Waals surface area (Å²) >= 11 is 3.09. The summed E-state index contributed by atoms with van der Waals surface area (Å²) in [5.74, 6) is -1.60. The second-order valence-electron chi connectivity index (χ2n) is 5.08. The number of nitrogens with one attached hydrogen (secondary N) is 1. The van der Waals surface area contributed by atoms with Crippen LogP contribution >= 0.6 is 15.9 Å². The first kappa shape index (κ1) is 16.9. The van der Waals surface area contributed by atoms with Gasteiger partial charge in [-0.2, -0.15) is 4.31 Å². The third-order valence-corrected chi connectivity index (χ3v) is 5.37. The fourth-order valence-electron chi connectivity index (χ4n) is 1.80. The Bertz CT molecular complexity index is 715. The number of aromatic carboxylic acids is 1. The average Bonchev–Trinajstić information content (AvgIpc) is 3.21. The molecule has 1 aliphatic carbocycles. The number of carbonyl (C=O) groups excluding carboxylic acids is 1. The number of likely N-dealkylation sites (N-methyl/N-ethyl adjacent to an activating group) is 1. The highest BCUT2D eigenvalue weighted by Crippen LogP contribution is 2.22. The SMILES string of the molecule is CN(CC(=O)NC1CC1)S(=O)(=O)c1cc(Br)cc(C(=O)O)c1. The summed E-state index contributed by atoms with van der Waals surface area (Å²) in [6.07, 6.45) is 1.83. The molecular formula is C13H15BrN2O5S. The van der Waals surface area contributed by atoms with E-state index in [1.54, 1.807) is 0 Å². The minimum Gasteiger partial charge on any atom is -0.478 e. The third-order valence-electron chi connectivity index (χ3n) is 3.14. The van der Waals surface area contributed by atoms with Crippen LogP contribution < -0.4 is 5.32 Å². The minimum atomic E-state index is -3.95. The molecule has 0 spiro atoms. The van der Waals surface area contributed by atoms with Gasteiger partial charge in [-0.25, -0.2) is 13.2 Å². The summed E-state index contributed by atoms with van der Waals surface area (Å²) in [5.41, 5.74) is -0.149. The van der Waals surface area contributed by atoms with Crippen LogP contribution in [0.2, 0.25) is 0 Å². The third kappa shape index (κ3) is 4.05. The molecule has 2 N–H and O–H groups in total. The fraction of sp³-hybridized carbons (Fsp3) is 0.385. The Hall–Kier alpha value is -1.45. The lowest BCUT2D eigenvalue weighted by molar-refractivity contribution is -0.121. The quantitative estimate of drug-likeness (QED) is 0.755. The molecule has 7 nitrogen and oxygen atoms in total. The van der Waals surface area contributed by atoms with Crippen molar-refractivity contribution >= 4 is 37.8 Å². The van der Waals surface area contributed by atoms with Crippen LogP contribution in [-0.4, -0.2) is 49.3 Å². The van der Waals surface area contributed by atoms with E-state index in [2.05, 4.69) is 21.2 Å². The second-order valence-corrected chi connectivity index (χ2v) is 8.04. The zero-order chi connectivity index (χ0) is 16.5. The van der Waals surface area contributed by atoms with E-state index >= 15 is 0 Å². The highest BCUT2D eigenvalue weighted by molar-refractivity contribution is 9.10. The van der Waals surface area contributed by atoms with E-state index in [0.717, 1.165) is 23.2 Å². The van der Waals surface area contributed by atoms with Gasteiger partial charge in [-0.1, -0.05) is 15.9 Å². The molecule has 0 atom stereocenters. The van der Waals surface area contributed by atoms with Crippen molar-refractivity contribution in [3.05, 3.63) is 28.2 Å². The van der Waals surface area contributed by atoms with Gasteiger partial charge in [0.15, 0.2) is 0 Å². The molecule has 22 heavy (non-hydrogen) atoms. The molecule has 2 rings (SSSR count). The van der Waals surface area contributed by atoms with Gasteiger partial charge in [0, 0.05) is 17.6 Å². The van der Waals surface area contributed by atoms with Gasteiger partial charge in [0.05, 0.1) is 17.0 Å². The molecule has 1 amide bonds. The van der Waals surface area contributed by atoms with Crippen LogP contribution in [0.1, 0.15) is 23.2 Å². The maximum Gasteiger partial charge on any atom is 0.335 e. The smallest absolute Gasteiger partial charge is 0.335 e. The van der Waals surface area contributed by atoms with Crippen LogP contribution in [0.4, 0.5) is 0 Å². The number of halogens is 1. The molecule has 0 aliphatic heterocycles. The number of carboxylic acids is 1. The Kier molecular flexibility index (Phi) is 4.88. The summed E-state index contributed by atoms with van der Waals surface area (Å²) in [6.45, 7) is -0.312. The van der Waals surface area contributed by atoms with Crippen molar-refractivity contribution in [1.29, 1.82) is 0 Å². The number of hydrogen-bond acceptors (Lipinski definition) is 4. The van der Waals surface area contributed by atoms with E-state index in [4.69, 9.17) is 5.11 Å². The summed E-state index contributed by atoms with van der Waals surface area (Å²) in [4.78, 5) is 22.5. The van der Waals surface area contributed by atoms with Gasteiger partial charge in [-0.3, -0.25) is 4.79 Å². The number of sulfonamides is 1. The standard InChI is InChI=1S/C13H15BrN2O5S/c1-16(7-12(17)15-10-2-3-10)22(20,21)11-5-8(13(18)19)4-9(14)6-11/h4-6,10H,2-3,7H2,1H3,(H,15,17)(H,18,19). The lowest BCUT2D eigenvalue weighted by atomic mass is 10.2. The lowest BCUT2D eigenvalue weighted by Crippen LogP contribution is -2.39. The van der Waals surface area contributed by atoms with Crippen LogP contribution in [0.3, 0.4) is 0 Å². The minimum absolute atomic E-state index is 0.146. The molecule has 0 heterocycles. The number of carbonyl (C=O) groups is 2. The number of nitrogens with zero attached hydrogens (tertiary/aromatic N) is 1. The van der Waals surface area contributed by atoms with E-state index in [-0.39, 0.29) is 29.0 Å². The van der Waals surface area contributed by atoms with Gasteiger partial charge >= 0.3 is 5.97 Å². The van der Waals surface area contributed by atoms with Crippen LogP contribution in [0.15, 0.2) is 27.6 Å². The maximum absolute atomic E-state index is 12.4. The Morgan fingerprint density at radius 2 is 2.00 bits per heavy atom.